The molecule has 146 valence electrons. The number of benzene rings is 2. The molecule has 0 aliphatic carbocycles. The maximum atomic E-state index is 13.3. The second-order valence-corrected chi connectivity index (χ2v) is 6.97. The van der Waals surface area contributed by atoms with Gasteiger partial charge in [-0.05, 0) is 49.4 Å². The molecular formula is C21H20N6O2. The SMILES string of the molecule is Nc1ncnc2c1n(-c1ccc(Oc3ccccc3)cc1)c(=O)n2C1CCNC1. The van der Waals surface area contributed by atoms with E-state index in [1.54, 1.807) is 9.13 Å². The number of nitrogens with two attached hydrogens (primary N) is 1. The van der Waals surface area contributed by atoms with Crippen LogP contribution < -0.4 is 21.5 Å². The summed E-state index contributed by atoms with van der Waals surface area (Å²) in [5, 5.41) is 3.30. The van der Waals surface area contributed by atoms with Gasteiger partial charge in [0.2, 0.25) is 0 Å². The van der Waals surface area contributed by atoms with E-state index in [0.29, 0.717) is 22.6 Å². The highest BCUT2D eigenvalue weighted by atomic mass is 16.5. The number of fused-ring (bicyclic) bond motifs is 1. The van der Waals surface area contributed by atoms with Crippen molar-refractivity contribution in [2.75, 3.05) is 18.8 Å². The lowest BCUT2D eigenvalue weighted by molar-refractivity contribution is 0.482. The molecule has 1 fully saturated rings. The Morgan fingerprint density at radius 2 is 1.79 bits per heavy atom. The first-order chi connectivity index (χ1) is 14.2. The minimum Gasteiger partial charge on any atom is -0.457 e. The molecule has 1 aliphatic heterocycles. The van der Waals surface area contributed by atoms with Crippen LogP contribution in [-0.2, 0) is 0 Å². The quantitative estimate of drug-likeness (QED) is 0.557. The molecule has 5 rings (SSSR count). The molecule has 1 unspecified atom stereocenters. The van der Waals surface area contributed by atoms with Gasteiger partial charge in [0.1, 0.15) is 23.3 Å². The number of imidazole rings is 1. The predicted molar refractivity (Wildman–Crippen MR) is 111 cm³/mol. The third-order valence-corrected chi connectivity index (χ3v) is 5.15. The van der Waals surface area contributed by atoms with Gasteiger partial charge in [0, 0.05) is 6.54 Å². The Bertz CT molecular complexity index is 1210. The summed E-state index contributed by atoms with van der Waals surface area (Å²) in [5.41, 5.74) is 7.75. The second kappa shape index (κ2) is 7.06. The lowest BCUT2D eigenvalue weighted by atomic mass is 10.2. The fraction of sp³-hybridized carbons (Fsp3) is 0.190. The number of para-hydroxylation sites is 1. The Morgan fingerprint density at radius 3 is 2.52 bits per heavy atom. The predicted octanol–water partition coefficient (Wildman–Crippen LogP) is 2.49. The lowest BCUT2D eigenvalue weighted by Crippen LogP contribution is -2.28. The van der Waals surface area contributed by atoms with Crippen molar-refractivity contribution in [1.82, 2.24) is 24.4 Å². The van der Waals surface area contributed by atoms with Crippen molar-refractivity contribution in [3.05, 3.63) is 71.4 Å². The first kappa shape index (κ1) is 17.4. The van der Waals surface area contributed by atoms with Gasteiger partial charge in [0.05, 0.1) is 11.7 Å². The number of aromatic nitrogens is 4. The van der Waals surface area contributed by atoms with Crippen LogP contribution in [0.3, 0.4) is 0 Å². The van der Waals surface area contributed by atoms with E-state index in [-0.39, 0.29) is 17.5 Å². The largest absolute Gasteiger partial charge is 0.457 e. The molecule has 2 aromatic carbocycles. The monoisotopic (exact) mass is 388 g/mol. The summed E-state index contributed by atoms with van der Waals surface area (Å²) in [4.78, 5) is 21.8. The molecule has 0 bridgehead atoms. The Balaban J connectivity index is 1.60. The summed E-state index contributed by atoms with van der Waals surface area (Å²) in [6.07, 6.45) is 2.27. The maximum absolute atomic E-state index is 13.3. The van der Waals surface area contributed by atoms with Gasteiger partial charge in [0.15, 0.2) is 11.5 Å². The van der Waals surface area contributed by atoms with Crippen LogP contribution in [0.15, 0.2) is 65.7 Å². The van der Waals surface area contributed by atoms with Crippen molar-refractivity contribution in [1.29, 1.82) is 0 Å². The summed E-state index contributed by atoms with van der Waals surface area (Å²) < 4.78 is 9.15. The zero-order chi connectivity index (χ0) is 19.8. The highest BCUT2D eigenvalue weighted by Crippen LogP contribution is 2.27. The zero-order valence-corrected chi connectivity index (χ0v) is 15.7. The van der Waals surface area contributed by atoms with Gasteiger partial charge in [-0.2, -0.15) is 0 Å². The van der Waals surface area contributed by atoms with Gasteiger partial charge in [-0.3, -0.25) is 9.13 Å². The maximum Gasteiger partial charge on any atom is 0.335 e. The van der Waals surface area contributed by atoms with Gasteiger partial charge in [-0.1, -0.05) is 18.2 Å². The number of rotatable bonds is 4. The fourth-order valence-electron chi connectivity index (χ4n) is 3.78. The summed E-state index contributed by atoms with van der Waals surface area (Å²) in [6.45, 7) is 1.60. The Hall–Kier alpha value is -3.65. The van der Waals surface area contributed by atoms with Crippen LogP contribution in [0, 0.1) is 0 Å². The van der Waals surface area contributed by atoms with E-state index in [1.165, 1.54) is 6.33 Å². The minimum atomic E-state index is -0.169. The lowest BCUT2D eigenvalue weighted by Gasteiger charge is -2.09. The molecule has 2 aromatic heterocycles. The average molecular weight is 388 g/mol. The van der Waals surface area contributed by atoms with Gasteiger partial charge >= 0.3 is 5.69 Å². The second-order valence-electron chi connectivity index (χ2n) is 6.97. The summed E-state index contributed by atoms with van der Waals surface area (Å²) in [6, 6.07) is 16.9. The first-order valence-electron chi connectivity index (χ1n) is 9.50. The Labute approximate surface area is 166 Å². The third kappa shape index (κ3) is 3.03. The van der Waals surface area contributed by atoms with Gasteiger partial charge in [-0.15, -0.1) is 0 Å². The molecular weight excluding hydrogens is 368 g/mol. The van der Waals surface area contributed by atoms with Crippen molar-refractivity contribution in [3.63, 3.8) is 0 Å². The molecule has 4 aromatic rings. The van der Waals surface area contributed by atoms with E-state index in [0.717, 1.165) is 25.3 Å². The van der Waals surface area contributed by atoms with E-state index in [1.807, 2.05) is 54.6 Å². The van der Waals surface area contributed by atoms with Gasteiger partial charge in [0.25, 0.3) is 0 Å². The van der Waals surface area contributed by atoms with Crippen LogP contribution in [0.5, 0.6) is 11.5 Å². The van der Waals surface area contributed by atoms with E-state index in [4.69, 9.17) is 10.5 Å². The topological polar surface area (TPSA) is 100.0 Å². The molecule has 0 spiro atoms. The molecule has 1 atom stereocenters. The zero-order valence-electron chi connectivity index (χ0n) is 15.7. The summed E-state index contributed by atoms with van der Waals surface area (Å²) in [7, 11) is 0. The number of nitrogens with zero attached hydrogens (tertiary/aromatic N) is 4. The standard InChI is InChI=1S/C21H20N6O2/c22-19-18-20(25-13-24-19)27(15-10-11-23-12-15)21(28)26(18)14-6-8-17(9-7-14)29-16-4-2-1-3-5-16/h1-9,13,15,23H,10-12H2,(H2,22,24,25). The van der Waals surface area contributed by atoms with E-state index in [9.17, 15) is 4.79 Å². The van der Waals surface area contributed by atoms with E-state index >= 15 is 0 Å². The van der Waals surface area contributed by atoms with Gasteiger partial charge < -0.3 is 15.8 Å². The molecule has 8 nitrogen and oxygen atoms in total. The number of ether oxygens (including phenoxy) is 1. The Morgan fingerprint density at radius 1 is 1.03 bits per heavy atom. The summed E-state index contributed by atoms with van der Waals surface area (Å²) in [5.74, 6) is 1.71. The van der Waals surface area contributed by atoms with Gasteiger partial charge in [-0.25, -0.2) is 14.8 Å². The van der Waals surface area contributed by atoms with Crippen molar-refractivity contribution < 1.29 is 4.74 Å². The third-order valence-electron chi connectivity index (χ3n) is 5.15. The number of anilines is 1. The molecule has 0 radical (unpaired) electrons. The minimum absolute atomic E-state index is 0.0428. The van der Waals surface area contributed by atoms with Crippen LogP contribution in [0.25, 0.3) is 16.9 Å². The van der Waals surface area contributed by atoms with Crippen LogP contribution in [0.4, 0.5) is 5.82 Å². The highest BCUT2D eigenvalue weighted by Gasteiger charge is 2.26. The smallest absolute Gasteiger partial charge is 0.335 e. The number of hydrogen-bond donors (Lipinski definition) is 2. The van der Waals surface area contributed by atoms with Crippen LogP contribution in [0.2, 0.25) is 0 Å². The normalized spacial score (nSPS) is 16.3. The molecule has 29 heavy (non-hydrogen) atoms. The van der Waals surface area contributed by atoms with Crippen molar-refractivity contribution in [2.24, 2.45) is 0 Å². The van der Waals surface area contributed by atoms with Crippen molar-refractivity contribution in [2.45, 2.75) is 12.5 Å². The van der Waals surface area contributed by atoms with Crippen molar-refractivity contribution in [3.8, 4) is 17.2 Å². The van der Waals surface area contributed by atoms with E-state index in [2.05, 4.69) is 15.3 Å². The molecule has 8 heteroatoms. The number of hydrogen-bond acceptors (Lipinski definition) is 6. The Kier molecular flexibility index (Phi) is 4.25. The van der Waals surface area contributed by atoms with E-state index < -0.39 is 0 Å². The van der Waals surface area contributed by atoms with Crippen molar-refractivity contribution >= 4 is 17.0 Å². The average Bonchev–Trinajstić information content (AvgIpc) is 3.36. The molecule has 0 saturated carbocycles. The molecule has 1 aliphatic rings. The molecule has 0 amide bonds. The highest BCUT2D eigenvalue weighted by molar-refractivity contribution is 5.84. The van der Waals surface area contributed by atoms with Crippen LogP contribution >= 0.6 is 0 Å². The number of nitrogen functional groups attached to an aromatic ring is 1. The molecule has 3 heterocycles. The fourth-order valence-corrected chi connectivity index (χ4v) is 3.78. The van der Waals surface area contributed by atoms with Crippen LogP contribution in [-0.4, -0.2) is 32.2 Å². The van der Waals surface area contributed by atoms with Crippen LogP contribution in [0.1, 0.15) is 12.5 Å². The first-order valence-corrected chi connectivity index (χ1v) is 9.50. The number of nitrogens with one attached hydrogen (secondary N) is 1. The molecule has 1 saturated heterocycles. The molecule has 3 N–H and O–H groups in total. The summed E-state index contributed by atoms with van der Waals surface area (Å²) >= 11 is 0.